The highest BCUT2D eigenvalue weighted by Gasteiger charge is 2.15. The Kier molecular flexibility index (Phi) is 4.35. The third kappa shape index (κ3) is 2.72. The minimum Gasteiger partial charge on any atom is -0.309 e. The zero-order valence-electron chi connectivity index (χ0n) is 10.4. The molecule has 2 rings (SSSR count). The van der Waals surface area contributed by atoms with E-state index in [2.05, 4.69) is 40.0 Å². The number of nitrogens with one attached hydrogen (secondary N) is 1. The number of halogens is 2. The summed E-state index contributed by atoms with van der Waals surface area (Å²) < 4.78 is 14.5. The molecule has 0 spiro atoms. The van der Waals surface area contributed by atoms with E-state index in [1.54, 1.807) is 6.92 Å². The van der Waals surface area contributed by atoms with Gasteiger partial charge in [0.2, 0.25) is 0 Å². The van der Waals surface area contributed by atoms with E-state index in [9.17, 15) is 4.39 Å². The molecule has 1 N–H and O–H groups in total. The smallest absolute Gasteiger partial charge is 0.126 e. The maximum absolute atomic E-state index is 13.3. The molecule has 0 saturated carbocycles. The van der Waals surface area contributed by atoms with Crippen LogP contribution in [0.5, 0.6) is 0 Å². The van der Waals surface area contributed by atoms with Crippen LogP contribution in [0.2, 0.25) is 0 Å². The van der Waals surface area contributed by atoms with Crippen LogP contribution in [0.1, 0.15) is 22.7 Å². The van der Waals surface area contributed by atoms with E-state index in [0.29, 0.717) is 5.56 Å². The van der Waals surface area contributed by atoms with Gasteiger partial charge in [0.15, 0.2) is 0 Å². The number of rotatable bonds is 3. The summed E-state index contributed by atoms with van der Waals surface area (Å²) in [5.41, 5.74) is 2.98. The van der Waals surface area contributed by atoms with E-state index in [0.717, 1.165) is 5.56 Å². The van der Waals surface area contributed by atoms with Crippen molar-refractivity contribution in [3.8, 4) is 0 Å². The maximum atomic E-state index is 13.3. The summed E-state index contributed by atoms with van der Waals surface area (Å²) in [6.07, 6.45) is 0. The Bertz CT molecular complexity index is 554. The third-order valence-corrected chi connectivity index (χ3v) is 4.00. The van der Waals surface area contributed by atoms with Crippen LogP contribution in [0.25, 0.3) is 0 Å². The fraction of sp³-hybridized carbons (Fsp3) is 0.200. The van der Waals surface area contributed by atoms with Gasteiger partial charge in [-0.3, -0.25) is 0 Å². The van der Waals surface area contributed by atoms with Crippen LogP contribution in [0.3, 0.4) is 0 Å². The molecule has 1 nitrogen and oxygen atoms in total. The molecule has 0 aliphatic heterocycles. The standard InChI is InChI=1S/C15H15FIN/c1-10-9-11(7-8-13(10)16)15(18-2)12-5-3-4-6-14(12)17/h3-9,15,18H,1-2H3. The minimum atomic E-state index is -0.156. The van der Waals surface area contributed by atoms with Crippen LogP contribution in [-0.2, 0) is 0 Å². The van der Waals surface area contributed by atoms with E-state index < -0.39 is 0 Å². The van der Waals surface area contributed by atoms with Crippen molar-refractivity contribution in [1.29, 1.82) is 0 Å². The van der Waals surface area contributed by atoms with Crippen molar-refractivity contribution in [2.75, 3.05) is 7.05 Å². The molecule has 2 aromatic rings. The van der Waals surface area contributed by atoms with Crippen LogP contribution in [-0.4, -0.2) is 7.05 Å². The average Bonchev–Trinajstić information content (AvgIpc) is 2.37. The van der Waals surface area contributed by atoms with Crippen molar-refractivity contribution in [3.05, 3.63) is 68.5 Å². The molecule has 1 atom stereocenters. The van der Waals surface area contributed by atoms with Crippen molar-refractivity contribution in [1.82, 2.24) is 5.32 Å². The SMILES string of the molecule is CNC(c1ccc(F)c(C)c1)c1ccccc1I. The summed E-state index contributed by atoms with van der Waals surface area (Å²) in [7, 11) is 1.92. The summed E-state index contributed by atoms with van der Waals surface area (Å²) in [5.74, 6) is -0.156. The molecular formula is C15H15FIN. The highest BCUT2D eigenvalue weighted by molar-refractivity contribution is 14.1. The average molecular weight is 355 g/mol. The van der Waals surface area contributed by atoms with E-state index >= 15 is 0 Å². The predicted octanol–water partition coefficient (Wildman–Crippen LogP) is 4.05. The lowest BCUT2D eigenvalue weighted by Crippen LogP contribution is -2.18. The molecule has 2 aromatic carbocycles. The molecule has 0 bridgehead atoms. The fourth-order valence-electron chi connectivity index (χ4n) is 2.06. The van der Waals surface area contributed by atoms with Crippen molar-refractivity contribution in [3.63, 3.8) is 0 Å². The largest absolute Gasteiger partial charge is 0.309 e. The van der Waals surface area contributed by atoms with Gasteiger partial charge in [0.1, 0.15) is 5.82 Å². The summed E-state index contributed by atoms with van der Waals surface area (Å²) in [5, 5.41) is 3.29. The Hall–Kier alpha value is -0.940. The van der Waals surface area contributed by atoms with E-state index in [4.69, 9.17) is 0 Å². The summed E-state index contributed by atoms with van der Waals surface area (Å²) >= 11 is 2.33. The first-order valence-electron chi connectivity index (χ1n) is 5.81. The summed E-state index contributed by atoms with van der Waals surface area (Å²) in [4.78, 5) is 0. The van der Waals surface area contributed by atoms with Crippen LogP contribution in [0.15, 0.2) is 42.5 Å². The second-order valence-electron chi connectivity index (χ2n) is 4.25. The molecule has 3 heteroatoms. The first-order valence-corrected chi connectivity index (χ1v) is 6.89. The molecule has 0 radical (unpaired) electrons. The van der Waals surface area contributed by atoms with Gasteiger partial charge in [-0.1, -0.05) is 30.3 Å². The Morgan fingerprint density at radius 1 is 1.17 bits per heavy atom. The van der Waals surface area contributed by atoms with Crippen LogP contribution in [0.4, 0.5) is 4.39 Å². The van der Waals surface area contributed by atoms with Gasteiger partial charge in [0, 0.05) is 3.57 Å². The second kappa shape index (κ2) is 5.80. The molecule has 0 heterocycles. The van der Waals surface area contributed by atoms with Crippen LogP contribution < -0.4 is 5.32 Å². The topological polar surface area (TPSA) is 12.0 Å². The molecule has 18 heavy (non-hydrogen) atoms. The van der Waals surface area contributed by atoms with Gasteiger partial charge >= 0.3 is 0 Å². The maximum Gasteiger partial charge on any atom is 0.126 e. The van der Waals surface area contributed by atoms with E-state index in [1.807, 2.05) is 31.3 Å². The summed E-state index contributed by atoms with van der Waals surface area (Å²) in [6.45, 7) is 1.79. The molecular weight excluding hydrogens is 340 g/mol. The quantitative estimate of drug-likeness (QED) is 0.820. The minimum absolute atomic E-state index is 0.0948. The van der Waals surface area contributed by atoms with Gasteiger partial charge < -0.3 is 5.32 Å². The van der Waals surface area contributed by atoms with Crippen molar-refractivity contribution >= 4 is 22.6 Å². The Morgan fingerprint density at radius 3 is 2.50 bits per heavy atom. The van der Waals surface area contributed by atoms with E-state index in [-0.39, 0.29) is 11.9 Å². The van der Waals surface area contributed by atoms with Gasteiger partial charge in [-0.2, -0.15) is 0 Å². The van der Waals surface area contributed by atoms with Crippen molar-refractivity contribution < 1.29 is 4.39 Å². The molecule has 0 saturated heterocycles. The second-order valence-corrected chi connectivity index (χ2v) is 5.41. The van der Waals surface area contributed by atoms with Gasteiger partial charge in [0.25, 0.3) is 0 Å². The molecule has 0 aliphatic rings. The molecule has 1 unspecified atom stereocenters. The number of hydrogen-bond acceptors (Lipinski definition) is 1. The first-order chi connectivity index (χ1) is 8.63. The van der Waals surface area contributed by atoms with Gasteiger partial charge in [-0.25, -0.2) is 4.39 Å². The third-order valence-electron chi connectivity index (χ3n) is 3.02. The van der Waals surface area contributed by atoms with Gasteiger partial charge in [-0.05, 0) is 65.4 Å². The molecule has 0 aliphatic carbocycles. The lowest BCUT2D eigenvalue weighted by atomic mass is 9.97. The summed E-state index contributed by atoms with van der Waals surface area (Å²) in [6, 6.07) is 13.6. The highest BCUT2D eigenvalue weighted by Crippen LogP contribution is 2.26. The lowest BCUT2D eigenvalue weighted by molar-refractivity contribution is 0.614. The zero-order chi connectivity index (χ0) is 13.1. The van der Waals surface area contributed by atoms with Crippen LogP contribution in [0, 0.1) is 16.3 Å². The predicted molar refractivity (Wildman–Crippen MR) is 81.2 cm³/mol. The van der Waals surface area contributed by atoms with Gasteiger partial charge in [-0.15, -0.1) is 0 Å². The zero-order valence-corrected chi connectivity index (χ0v) is 12.5. The molecule has 0 aromatic heterocycles. The monoisotopic (exact) mass is 355 g/mol. The molecule has 94 valence electrons. The Balaban J connectivity index is 2.45. The molecule has 0 amide bonds. The van der Waals surface area contributed by atoms with Crippen molar-refractivity contribution in [2.24, 2.45) is 0 Å². The van der Waals surface area contributed by atoms with E-state index in [1.165, 1.54) is 15.2 Å². The Morgan fingerprint density at radius 2 is 1.89 bits per heavy atom. The molecule has 0 fully saturated rings. The number of aryl methyl sites for hydroxylation is 1. The van der Waals surface area contributed by atoms with Gasteiger partial charge in [0.05, 0.1) is 6.04 Å². The number of benzene rings is 2. The normalized spacial score (nSPS) is 12.4. The highest BCUT2D eigenvalue weighted by atomic mass is 127. The lowest BCUT2D eigenvalue weighted by Gasteiger charge is -2.19. The van der Waals surface area contributed by atoms with Crippen LogP contribution >= 0.6 is 22.6 Å². The van der Waals surface area contributed by atoms with Crippen molar-refractivity contribution in [2.45, 2.75) is 13.0 Å². The first kappa shape index (κ1) is 13.5. The number of hydrogen-bond donors (Lipinski definition) is 1. The fourth-order valence-corrected chi connectivity index (χ4v) is 2.76. The Labute approximate surface area is 121 Å².